The van der Waals surface area contributed by atoms with Crippen molar-refractivity contribution in [2.24, 2.45) is 5.92 Å². The summed E-state index contributed by atoms with van der Waals surface area (Å²) in [5.41, 5.74) is 0. The van der Waals surface area contributed by atoms with Gasteiger partial charge in [-0.3, -0.25) is 4.79 Å². The molecule has 0 aromatic rings. The highest BCUT2D eigenvalue weighted by Gasteiger charge is 2.52. The molecule has 5 atom stereocenters. The van der Waals surface area contributed by atoms with Crippen molar-refractivity contribution < 1.29 is 24.5 Å². The second kappa shape index (κ2) is 5.46. The lowest BCUT2D eigenvalue weighted by Gasteiger charge is -2.39. The highest BCUT2D eigenvalue weighted by Crippen LogP contribution is 2.42. The van der Waals surface area contributed by atoms with Gasteiger partial charge in [0.2, 0.25) is 0 Å². The van der Waals surface area contributed by atoms with Crippen molar-refractivity contribution in [3.05, 3.63) is 0 Å². The number of carbonyl (C=O) groups is 2. The Balaban J connectivity index is 1.72. The lowest BCUT2D eigenvalue weighted by Crippen LogP contribution is -2.55. The Labute approximate surface area is 123 Å². The Hall–Kier alpha value is -1.34. The number of rotatable bonds is 2. The van der Waals surface area contributed by atoms with Crippen LogP contribution in [0, 0.1) is 5.92 Å². The van der Waals surface area contributed by atoms with Crippen molar-refractivity contribution in [2.75, 3.05) is 19.7 Å². The van der Waals surface area contributed by atoms with Crippen LogP contribution >= 0.6 is 0 Å². The highest BCUT2D eigenvalue weighted by atomic mass is 16.5. The van der Waals surface area contributed by atoms with E-state index in [0.717, 1.165) is 12.8 Å². The predicted molar refractivity (Wildman–Crippen MR) is 72.8 cm³/mol. The largest absolute Gasteiger partial charge is 0.481 e. The first-order valence-corrected chi connectivity index (χ1v) is 7.57. The maximum Gasteiger partial charge on any atom is 0.320 e. The summed E-state index contributed by atoms with van der Waals surface area (Å²) in [6.07, 6.45) is 1.76. The predicted octanol–water partition coefficient (Wildman–Crippen LogP) is 0.126. The molecule has 3 rings (SSSR count). The van der Waals surface area contributed by atoms with E-state index in [1.165, 1.54) is 0 Å². The topological polar surface area (TPSA) is 90.3 Å². The number of aliphatic hydroxyl groups is 1. The van der Waals surface area contributed by atoms with Gasteiger partial charge in [-0.1, -0.05) is 0 Å². The van der Waals surface area contributed by atoms with Gasteiger partial charge in [-0.15, -0.1) is 0 Å². The molecule has 7 heteroatoms. The van der Waals surface area contributed by atoms with Crippen molar-refractivity contribution in [3.63, 3.8) is 0 Å². The molecule has 3 aliphatic heterocycles. The smallest absolute Gasteiger partial charge is 0.320 e. The van der Waals surface area contributed by atoms with Crippen LogP contribution in [0.1, 0.15) is 26.2 Å². The molecule has 0 aromatic carbocycles. The SMILES string of the molecule is CC1CN(C(=O)N2C3CCC2C(C(=O)O)C3)CC(CO)O1. The standard InChI is InChI=1S/C14H22N2O5/c1-8-5-15(6-10(7-17)21-8)14(20)16-9-2-3-12(16)11(4-9)13(18)19/h8-12,17H,2-7H2,1H3,(H,18,19). The summed E-state index contributed by atoms with van der Waals surface area (Å²) in [7, 11) is 0. The molecule has 5 unspecified atom stereocenters. The molecular formula is C14H22N2O5. The van der Waals surface area contributed by atoms with Crippen molar-refractivity contribution >= 4 is 12.0 Å². The average molecular weight is 298 g/mol. The van der Waals surface area contributed by atoms with Gasteiger partial charge in [0.25, 0.3) is 0 Å². The summed E-state index contributed by atoms with van der Waals surface area (Å²) in [5, 5.41) is 18.5. The Bertz CT molecular complexity index is 443. The van der Waals surface area contributed by atoms with E-state index in [9.17, 15) is 19.8 Å². The number of nitrogens with zero attached hydrogens (tertiary/aromatic N) is 2. The molecule has 3 saturated heterocycles. The highest BCUT2D eigenvalue weighted by molar-refractivity contribution is 5.79. The van der Waals surface area contributed by atoms with Crippen LogP contribution in [0.3, 0.4) is 0 Å². The molecule has 118 valence electrons. The third kappa shape index (κ3) is 2.48. The van der Waals surface area contributed by atoms with Gasteiger partial charge in [-0.2, -0.15) is 0 Å². The molecule has 2 N–H and O–H groups in total. The van der Waals surface area contributed by atoms with Crippen molar-refractivity contribution in [2.45, 2.75) is 50.5 Å². The zero-order valence-electron chi connectivity index (χ0n) is 12.1. The number of carbonyl (C=O) groups excluding carboxylic acids is 1. The number of hydrogen-bond donors (Lipinski definition) is 2. The number of ether oxygens (including phenoxy) is 1. The lowest BCUT2D eigenvalue weighted by atomic mass is 9.89. The minimum Gasteiger partial charge on any atom is -0.481 e. The Morgan fingerprint density at radius 3 is 2.67 bits per heavy atom. The second-order valence-electron chi connectivity index (χ2n) is 6.33. The van der Waals surface area contributed by atoms with Gasteiger partial charge >= 0.3 is 12.0 Å². The third-order valence-electron chi connectivity index (χ3n) is 4.88. The number of urea groups is 1. The number of hydrogen-bond acceptors (Lipinski definition) is 4. The second-order valence-corrected chi connectivity index (χ2v) is 6.33. The number of morpholine rings is 1. The monoisotopic (exact) mass is 298 g/mol. The summed E-state index contributed by atoms with van der Waals surface area (Å²) < 4.78 is 5.55. The van der Waals surface area contributed by atoms with E-state index in [1.807, 2.05) is 6.92 Å². The number of carboxylic acids is 1. The number of amides is 2. The Kier molecular flexibility index (Phi) is 3.79. The number of carboxylic acid groups (broad SMARTS) is 1. The molecule has 0 aromatic heterocycles. The minimum absolute atomic E-state index is 0.0503. The summed E-state index contributed by atoms with van der Waals surface area (Å²) in [4.78, 5) is 27.5. The maximum absolute atomic E-state index is 12.8. The van der Waals surface area contributed by atoms with E-state index >= 15 is 0 Å². The quantitative estimate of drug-likeness (QED) is 0.756. The third-order valence-corrected chi connectivity index (χ3v) is 4.88. The van der Waals surface area contributed by atoms with Gasteiger partial charge in [0.15, 0.2) is 0 Å². The van der Waals surface area contributed by atoms with Crippen LogP contribution in [0.5, 0.6) is 0 Å². The van der Waals surface area contributed by atoms with Crippen LogP contribution in [-0.4, -0.2) is 76.0 Å². The van der Waals surface area contributed by atoms with E-state index in [4.69, 9.17) is 4.74 Å². The first-order valence-electron chi connectivity index (χ1n) is 7.57. The Morgan fingerprint density at radius 2 is 2.05 bits per heavy atom. The summed E-state index contributed by atoms with van der Waals surface area (Å²) in [6, 6.07) is -0.222. The van der Waals surface area contributed by atoms with Crippen LogP contribution in [-0.2, 0) is 9.53 Å². The van der Waals surface area contributed by atoms with Crippen molar-refractivity contribution in [1.82, 2.24) is 9.80 Å². The summed E-state index contributed by atoms with van der Waals surface area (Å²) >= 11 is 0. The zero-order valence-corrected chi connectivity index (χ0v) is 12.1. The summed E-state index contributed by atoms with van der Waals surface area (Å²) in [6.45, 7) is 2.62. The van der Waals surface area contributed by atoms with E-state index in [2.05, 4.69) is 0 Å². The molecule has 2 bridgehead atoms. The molecule has 7 nitrogen and oxygen atoms in total. The van der Waals surface area contributed by atoms with E-state index < -0.39 is 11.9 Å². The fourth-order valence-electron chi connectivity index (χ4n) is 4.02. The fourth-order valence-corrected chi connectivity index (χ4v) is 4.02. The minimum atomic E-state index is -0.802. The lowest BCUT2D eigenvalue weighted by molar-refractivity contribution is -0.142. The molecule has 3 heterocycles. The van der Waals surface area contributed by atoms with Crippen LogP contribution in [0.25, 0.3) is 0 Å². The maximum atomic E-state index is 12.8. The number of aliphatic carboxylic acids is 1. The molecule has 3 fully saturated rings. The molecule has 21 heavy (non-hydrogen) atoms. The van der Waals surface area contributed by atoms with Gasteiger partial charge in [0.1, 0.15) is 0 Å². The molecular weight excluding hydrogens is 276 g/mol. The first-order chi connectivity index (χ1) is 10.0. The summed E-state index contributed by atoms with van der Waals surface area (Å²) in [5.74, 6) is -1.23. The van der Waals surface area contributed by atoms with Gasteiger partial charge < -0.3 is 24.7 Å². The van der Waals surface area contributed by atoms with Crippen molar-refractivity contribution in [1.29, 1.82) is 0 Å². The van der Waals surface area contributed by atoms with Crippen molar-refractivity contribution in [3.8, 4) is 0 Å². The van der Waals surface area contributed by atoms with E-state index in [-0.39, 0.29) is 36.9 Å². The van der Waals surface area contributed by atoms with Crippen LogP contribution in [0.4, 0.5) is 4.79 Å². The molecule has 0 aliphatic carbocycles. The molecule has 0 saturated carbocycles. The molecule has 3 aliphatic rings. The average Bonchev–Trinajstić information content (AvgIpc) is 3.03. The van der Waals surface area contributed by atoms with Gasteiger partial charge in [-0.25, -0.2) is 4.79 Å². The van der Waals surface area contributed by atoms with Gasteiger partial charge in [0, 0.05) is 18.6 Å². The fraction of sp³-hybridized carbons (Fsp3) is 0.857. The normalized spacial score (nSPS) is 38.9. The molecule has 0 radical (unpaired) electrons. The van der Waals surface area contributed by atoms with Crippen LogP contribution in [0.15, 0.2) is 0 Å². The van der Waals surface area contributed by atoms with Crippen LogP contribution in [0.2, 0.25) is 0 Å². The van der Waals surface area contributed by atoms with E-state index in [1.54, 1.807) is 9.80 Å². The van der Waals surface area contributed by atoms with Gasteiger partial charge in [0.05, 0.1) is 31.3 Å². The number of fused-ring (bicyclic) bond motifs is 2. The van der Waals surface area contributed by atoms with Crippen LogP contribution < -0.4 is 0 Å². The Morgan fingerprint density at radius 1 is 1.29 bits per heavy atom. The van der Waals surface area contributed by atoms with Gasteiger partial charge in [-0.05, 0) is 26.2 Å². The van der Waals surface area contributed by atoms with E-state index in [0.29, 0.717) is 19.5 Å². The molecule has 2 amide bonds. The molecule has 0 spiro atoms. The first kappa shape index (κ1) is 14.6. The number of aliphatic hydroxyl groups excluding tert-OH is 1. The zero-order chi connectivity index (χ0) is 15.1.